The summed E-state index contributed by atoms with van der Waals surface area (Å²) in [6.45, 7) is 5.74. The van der Waals surface area contributed by atoms with Gasteiger partial charge in [0.2, 0.25) is 0 Å². The summed E-state index contributed by atoms with van der Waals surface area (Å²) in [5, 5.41) is 11.3. The Balaban J connectivity index is 1.44. The monoisotopic (exact) mass is 422 g/mol. The second-order valence-corrected chi connectivity index (χ2v) is 7.77. The summed E-state index contributed by atoms with van der Waals surface area (Å²) in [5.74, 6) is 0.594. The van der Waals surface area contributed by atoms with Crippen LogP contribution in [0.2, 0.25) is 10.0 Å². The van der Waals surface area contributed by atoms with Gasteiger partial charge >= 0.3 is 0 Å². The van der Waals surface area contributed by atoms with Crippen molar-refractivity contribution in [3.8, 4) is 5.75 Å². The number of Topliss-reactive ketones (excluding diaryl/α,β-unsaturated/α-hetero) is 1. The van der Waals surface area contributed by atoms with Gasteiger partial charge in [-0.1, -0.05) is 23.2 Å². The number of ketones is 1. The van der Waals surface area contributed by atoms with Crippen LogP contribution in [-0.4, -0.2) is 61.2 Å². The smallest absolute Gasteiger partial charge is 0.159 e. The molecule has 1 atom stereocenters. The molecule has 1 saturated heterocycles. The number of halogens is 2. The molecule has 28 heavy (non-hydrogen) atoms. The quantitative estimate of drug-likeness (QED) is 0.688. The largest absolute Gasteiger partial charge is 0.489 e. The Labute approximate surface area is 175 Å². The van der Waals surface area contributed by atoms with E-state index in [9.17, 15) is 9.90 Å². The predicted octanol–water partition coefficient (Wildman–Crippen LogP) is 3.76. The molecule has 7 heteroatoms. The number of nitrogens with zero attached hydrogens (tertiary/aromatic N) is 2. The molecule has 0 amide bonds. The van der Waals surface area contributed by atoms with E-state index in [1.54, 1.807) is 25.1 Å². The van der Waals surface area contributed by atoms with Crippen molar-refractivity contribution < 1.29 is 14.6 Å². The first kappa shape index (κ1) is 20.9. The minimum Gasteiger partial charge on any atom is -0.489 e. The highest BCUT2D eigenvalue weighted by molar-refractivity contribution is 6.35. The van der Waals surface area contributed by atoms with Gasteiger partial charge in [-0.15, -0.1) is 0 Å². The molecule has 2 aromatic carbocycles. The molecule has 1 aliphatic heterocycles. The van der Waals surface area contributed by atoms with Gasteiger partial charge in [0.15, 0.2) is 5.78 Å². The van der Waals surface area contributed by atoms with Crippen molar-refractivity contribution in [1.29, 1.82) is 0 Å². The maximum atomic E-state index is 11.4. The molecule has 0 spiro atoms. The molecule has 0 saturated carbocycles. The molecule has 1 unspecified atom stereocenters. The van der Waals surface area contributed by atoms with Crippen LogP contribution < -0.4 is 9.64 Å². The number of β-amino-alcohol motifs (C(OH)–C–C–N with tert-alkyl or cyclic N) is 1. The first-order valence-electron chi connectivity index (χ1n) is 9.26. The highest BCUT2D eigenvalue weighted by atomic mass is 35.5. The lowest BCUT2D eigenvalue weighted by Crippen LogP contribution is -2.49. The Morgan fingerprint density at radius 3 is 2.39 bits per heavy atom. The Morgan fingerprint density at radius 2 is 1.79 bits per heavy atom. The second-order valence-electron chi connectivity index (χ2n) is 6.93. The summed E-state index contributed by atoms with van der Waals surface area (Å²) in [4.78, 5) is 15.9. The van der Waals surface area contributed by atoms with Gasteiger partial charge < -0.3 is 14.7 Å². The number of carbonyl (C=O) groups excluding carboxylic acids is 1. The van der Waals surface area contributed by atoms with Crippen molar-refractivity contribution in [2.75, 3.05) is 44.2 Å². The molecular formula is C21H24Cl2N2O3. The van der Waals surface area contributed by atoms with Gasteiger partial charge in [0, 0.05) is 49.0 Å². The predicted molar refractivity (Wildman–Crippen MR) is 113 cm³/mol. The van der Waals surface area contributed by atoms with Crippen LogP contribution in [-0.2, 0) is 0 Å². The lowest BCUT2D eigenvalue weighted by molar-refractivity contribution is 0.0663. The Bertz CT molecular complexity index is 806. The van der Waals surface area contributed by atoms with Crippen LogP contribution in [0, 0.1) is 0 Å². The van der Waals surface area contributed by atoms with Gasteiger partial charge in [0.25, 0.3) is 0 Å². The summed E-state index contributed by atoms with van der Waals surface area (Å²) in [6.07, 6.45) is -0.604. The van der Waals surface area contributed by atoms with Gasteiger partial charge in [0.05, 0.1) is 5.02 Å². The number of ether oxygens (including phenoxy) is 1. The molecular weight excluding hydrogens is 399 g/mol. The van der Waals surface area contributed by atoms with Gasteiger partial charge in [-0.05, 0) is 49.4 Å². The second kappa shape index (κ2) is 9.61. The van der Waals surface area contributed by atoms with E-state index in [1.807, 2.05) is 24.3 Å². The van der Waals surface area contributed by atoms with Gasteiger partial charge in [0.1, 0.15) is 18.5 Å². The Morgan fingerprint density at radius 1 is 1.11 bits per heavy atom. The van der Waals surface area contributed by atoms with E-state index >= 15 is 0 Å². The fourth-order valence-electron chi connectivity index (χ4n) is 3.22. The summed E-state index contributed by atoms with van der Waals surface area (Å²) < 4.78 is 5.61. The standard InChI is InChI=1S/C21H24Cl2N2O3/c1-15(26)16-2-5-18(6-3-16)25-10-8-24(9-11-25)13-19(27)14-28-21-7-4-17(22)12-20(21)23/h2-7,12,19,27H,8-11,13-14H2,1H3. The average Bonchev–Trinajstić information content (AvgIpc) is 2.68. The summed E-state index contributed by atoms with van der Waals surface area (Å²) in [7, 11) is 0. The fourth-order valence-corrected chi connectivity index (χ4v) is 3.69. The van der Waals surface area contributed by atoms with Gasteiger partial charge in [-0.25, -0.2) is 0 Å². The first-order valence-corrected chi connectivity index (χ1v) is 10.0. The van der Waals surface area contributed by atoms with E-state index in [-0.39, 0.29) is 12.4 Å². The molecule has 2 aromatic rings. The lowest BCUT2D eigenvalue weighted by Gasteiger charge is -2.36. The van der Waals surface area contributed by atoms with Crippen LogP contribution >= 0.6 is 23.2 Å². The molecule has 1 heterocycles. The highest BCUT2D eigenvalue weighted by Crippen LogP contribution is 2.27. The molecule has 3 rings (SSSR count). The van der Waals surface area contributed by atoms with Crippen molar-refractivity contribution in [1.82, 2.24) is 4.90 Å². The minimum absolute atomic E-state index is 0.0764. The van der Waals surface area contributed by atoms with Crippen LogP contribution in [0.3, 0.4) is 0 Å². The van der Waals surface area contributed by atoms with Gasteiger partial charge in [-0.2, -0.15) is 0 Å². The van der Waals surface area contributed by atoms with Crippen molar-refractivity contribution in [2.45, 2.75) is 13.0 Å². The number of anilines is 1. The maximum Gasteiger partial charge on any atom is 0.159 e. The third kappa shape index (κ3) is 5.61. The molecule has 0 aromatic heterocycles. The van der Waals surface area contributed by atoms with Gasteiger partial charge in [-0.3, -0.25) is 9.69 Å². The molecule has 0 aliphatic carbocycles. The fraction of sp³-hybridized carbons (Fsp3) is 0.381. The number of carbonyl (C=O) groups is 1. The zero-order chi connectivity index (χ0) is 20.1. The van der Waals surface area contributed by atoms with Crippen molar-refractivity contribution in [3.63, 3.8) is 0 Å². The summed E-state index contributed by atoms with van der Waals surface area (Å²) in [6, 6.07) is 12.7. The molecule has 5 nitrogen and oxygen atoms in total. The van der Waals surface area contributed by atoms with Crippen LogP contribution in [0.1, 0.15) is 17.3 Å². The van der Waals surface area contributed by atoms with E-state index in [0.29, 0.717) is 22.3 Å². The summed E-state index contributed by atoms with van der Waals surface area (Å²) >= 11 is 12.0. The molecule has 1 N–H and O–H groups in total. The molecule has 0 radical (unpaired) electrons. The zero-order valence-corrected chi connectivity index (χ0v) is 17.3. The first-order chi connectivity index (χ1) is 13.4. The van der Waals surface area contributed by atoms with Crippen LogP contribution in [0.25, 0.3) is 0 Å². The Hall–Kier alpha value is -1.79. The highest BCUT2D eigenvalue weighted by Gasteiger charge is 2.20. The van der Waals surface area contributed by atoms with Crippen molar-refractivity contribution in [2.24, 2.45) is 0 Å². The van der Waals surface area contributed by atoms with Crippen LogP contribution in [0.5, 0.6) is 5.75 Å². The van der Waals surface area contributed by atoms with Crippen molar-refractivity contribution >= 4 is 34.7 Å². The molecule has 0 bridgehead atoms. The zero-order valence-electron chi connectivity index (χ0n) is 15.8. The van der Waals surface area contributed by atoms with Crippen molar-refractivity contribution in [3.05, 3.63) is 58.1 Å². The lowest BCUT2D eigenvalue weighted by atomic mass is 10.1. The van der Waals surface area contributed by atoms with E-state index in [0.717, 1.165) is 37.4 Å². The van der Waals surface area contributed by atoms with E-state index in [1.165, 1.54) is 0 Å². The number of hydrogen-bond acceptors (Lipinski definition) is 5. The van der Waals surface area contributed by atoms with Crippen LogP contribution in [0.15, 0.2) is 42.5 Å². The summed E-state index contributed by atoms with van der Waals surface area (Å²) in [5.41, 5.74) is 1.84. The van der Waals surface area contributed by atoms with E-state index in [4.69, 9.17) is 27.9 Å². The van der Waals surface area contributed by atoms with E-state index in [2.05, 4.69) is 9.80 Å². The molecule has 1 aliphatic rings. The third-order valence-electron chi connectivity index (χ3n) is 4.81. The number of piperazine rings is 1. The topological polar surface area (TPSA) is 53.0 Å². The third-order valence-corrected chi connectivity index (χ3v) is 5.34. The SMILES string of the molecule is CC(=O)c1ccc(N2CCN(CC(O)COc3ccc(Cl)cc3Cl)CC2)cc1. The number of rotatable bonds is 7. The maximum absolute atomic E-state index is 11.4. The normalized spacial score (nSPS) is 16.1. The minimum atomic E-state index is -0.604. The number of aliphatic hydroxyl groups excluding tert-OH is 1. The number of hydrogen-bond donors (Lipinski definition) is 1. The Kier molecular flexibility index (Phi) is 7.18. The van der Waals surface area contributed by atoms with E-state index < -0.39 is 6.10 Å². The number of benzene rings is 2. The molecule has 150 valence electrons. The molecule has 1 fully saturated rings. The van der Waals surface area contributed by atoms with Crippen LogP contribution in [0.4, 0.5) is 5.69 Å². The number of aliphatic hydroxyl groups is 1. The average molecular weight is 423 g/mol.